The third-order valence-corrected chi connectivity index (χ3v) is 3.44. The SMILES string of the molecule is CCCCOc1ccc(C(=O)N[C@H](C)c2ccncc2)cc1. The molecule has 4 heteroatoms. The van der Waals surface area contributed by atoms with E-state index in [0.717, 1.165) is 24.2 Å². The van der Waals surface area contributed by atoms with Gasteiger partial charge in [0.1, 0.15) is 5.75 Å². The lowest BCUT2D eigenvalue weighted by molar-refractivity contribution is 0.0940. The Morgan fingerprint density at radius 1 is 1.18 bits per heavy atom. The maximum Gasteiger partial charge on any atom is 0.251 e. The van der Waals surface area contributed by atoms with Gasteiger partial charge in [-0.25, -0.2) is 0 Å². The zero-order chi connectivity index (χ0) is 15.8. The van der Waals surface area contributed by atoms with E-state index in [1.807, 2.05) is 31.2 Å². The highest BCUT2D eigenvalue weighted by Gasteiger charge is 2.11. The fourth-order valence-electron chi connectivity index (χ4n) is 2.05. The lowest BCUT2D eigenvalue weighted by Gasteiger charge is -2.14. The van der Waals surface area contributed by atoms with Crippen LogP contribution in [-0.4, -0.2) is 17.5 Å². The fourth-order valence-corrected chi connectivity index (χ4v) is 2.05. The maximum atomic E-state index is 12.2. The molecule has 0 radical (unpaired) electrons. The second-order valence-corrected chi connectivity index (χ2v) is 5.20. The number of rotatable bonds is 7. The number of carbonyl (C=O) groups is 1. The number of aromatic nitrogens is 1. The zero-order valence-corrected chi connectivity index (χ0v) is 13.1. The van der Waals surface area contributed by atoms with E-state index in [9.17, 15) is 4.79 Å². The lowest BCUT2D eigenvalue weighted by Crippen LogP contribution is -2.26. The normalized spacial score (nSPS) is 11.7. The fraction of sp³-hybridized carbons (Fsp3) is 0.333. The minimum absolute atomic E-state index is 0.0593. The molecule has 0 aliphatic heterocycles. The molecule has 4 nitrogen and oxygen atoms in total. The number of nitrogens with zero attached hydrogens (tertiary/aromatic N) is 1. The Bertz CT molecular complexity index is 582. The van der Waals surface area contributed by atoms with Crippen molar-refractivity contribution in [2.24, 2.45) is 0 Å². The second-order valence-electron chi connectivity index (χ2n) is 5.20. The first-order valence-corrected chi connectivity index (χ1v) is 7.64. The summed E-state index contributed by atoms with van der Waals surface area (Å²) >= 11 is 0. The Hall–Kier alpha value is -2.36. The van der Waals surface area contributed by atoms with Crippen LogP contribution in [0.15, 0.2) is 48.8 Å². The molecule has 1 aromatic heterocycles. The highest BCUT2D eigenvalue weighted by atomic mass is 16.5. The first kappa shape index (κ1) is 16.0. The van der Waals surface area contributed by atoms with E-state index in [1.54, 1.807) is 24.5 Å². The van der Waals surface area contributed by atoms with E-state index < -0.39 is 0 Å². The molecule has 0 saturated carbocycles. The van der Waals surface area contributed by atoms with Crippen molar-refractivity contribution in [2.75, 3.05) is 6.61 Å². The van der Waals surface area contributed by atoms with Gasteiger partial charge in [0, 0.05) is 18.0 Å². The molecule has 1 atom stereocenters. The standard InChI is InChI=1S/C18H22N2O2/c1-3-4-13-22-17-7-5-16(6-8-17)18(21)20-14(2)15-9-11-19-12-10-15/h5-12,14H,3-4,13H2,1-2H3,(H,20,21)/t14-/m1/s1. The first-order chi connectivity index (χ1) is 10.7. The summed E-state index contributed by atoms with van der Waals surface area (Å²) in [6.07, 6.45) is 5.58. The van der Waals surface area contributed by atoms with E-state index in [0.29, 0.717) is 12.2 Å². The van der Waals surface area contributed by atoms with Crippen molar-refractivity contribution in [3.8, 4) is 5.75 Å². The maximum absolute atomic E-state index is 12.2. The minimum Gasteiger partial charge on any atom is -0.494 e. The van der Waals surface area contributed by atoms with Gasteiger partial charge in [-0.15, -0.1) is 0 Å². The summed E-state index contributed by atoms with van der Waals surface area (Å²) in [7, 11) is 0. The third kappa shape index (κ3) is 4.58. The summed E-state index contributed by atoms with van der Waals surface area (Å²) in [5.41, 5.74) is 1.66. The summed E-state index contributed by atoms with van der Waals surface area (Å²) in [6, 6.07) is 11.0. The van der Waals surface area contributed by atoms with Crippen LogP contribution in [0.5, 0.6) is 5.75 Å². The largest absolute Gasteiger partial charge is 0.494 e. The number of hydrogen-bond acceptors (Lipinski definition) is 3. The van der Waals surface area contributed by atoms with Crippen molar-refractivity contribution in [3.05, 3.63) is 59.9 Å². The van der Waals surface area contributed by atoms with E-state index in [1.165, 1.54) is 0 Å². The first-order valence-electron chi connectivity index (χ1n) is 7.64. The van der Waals surface area contributed by atoms with Gasteiger partial charge in [-0.2, -0.15) is 0 Å². The summed E-state index contributed by atoms with van der Waals surface area (Å²) in [4.78, 5) is 16.2. The van der Waals surface area contributed by atoms with Crippen LogP contribution in [0.25, 0.3) is 0 Å². The van der Waals surface area contributed by atoms with Crippen molar-refractivity contribution < 1.29 is 9.53 Å². The Balaban J connectivity index is 1.92. The Morgan fingerprint density at radius 3 is 2.50 bits per heavy atom. The van der Waals surface area contributed by atoms with Crippen molar-refractivity contribution in [3.63, 3.8) is 0 Å². The Labute approximate surface area is 131 Å². The molecule has 0 spiro atoms. The molecule has 2 aromatic rings. The molecule has 22 heavy (non-hydrogen) atoms. The highest BCUT2D eigenvalue weighted by Crippen LogP contribution is 2.15. The van der Waals surface area contributed by atoms with Crippen LogP contribution in [0.4, 0.5) is 0 Å². The van der Waals surface area contributed by atoms with Gasteiger partial charge in [0.25, 0.3) is 5.91 Å². The van der Waals surface area contributed by atoms with E-state index in [4.69, 9.17) is 4.74 Å². The summed E-state index contributed by atoms with van der Waals surface area (Å²) < 4.78 is 5.59. The molecule has 0 aliphatic rings. The molecular weight excluding hydrogens is 276 g/mol. The van der Waals surface area contributed by atoms with Gasteiger partial charge in [0.15, 0.2) is 0 Å². The number of benzene rings is 1. The number of carbonyl (C=O) groups excluding carboxylic acids is 1. The summed E-state index contributed by atoms with van der Waals surface area (Å²) in [6.45, 7) is 4.79. The average molecular weight is 298 g/mol. The van der Waals surface area contributed by atoms with E-state index in [2.05, 4.69) is 17.2 Å². The van der Waals surface area contributed by atoms with E-state index >= 15 is 0 Å². The molecule has 0 fully saturated rings. The van der Waals surface area contributed by atoms with Crippen LogP contribution in [0, 0.1) is 0 Å². The molecule has 1 aromatic carbocycles. The van der Waals surface area contributed by atoms with Crippen LogP contribution in [-0.2, 0) is 0 Å². The smallest absolute Gasteiger partial charge is 0.251 e. The molecule has 0 unspecified atom stereocenters. The van der Waals surface area contributed by atoms with Gasteiger partial charge in [0.05, 0.1) is 12.6 Å². The number of hydrogen-bond donors (Lipinski definition) is 1. The molecule has 2 rings (SSSR count). The number of unbranched alkanes of at least 4 members (excludes halogenated alkanes) is 1. The second kappa shape index (κ2) is 8.17. The molecule has 116 valence electrons. The average Bonchev–Trinajstić information content (AvgIpc) is 2.56. The minimum atomic E-state index is -0.0931. The van der Waals surface area contributed by atoms with Crippen LogP contribution < -0.4 is 10.1 Å². The predicted molar refractivity (Wildman–Crippen MR) is 87.0 cm³/mol. The van der Waals surface area contributed by atoms with Crippen LogP contribution >= 0.6 is 0 Å². The third-order valence-electron chi connectivity index (χ3n) is 3.44. The Kier molecular flexibility index (Phi) is 5.95. The molecule has 1 amide bonds. The molecule has 0 aliphatic carbocycles. The summed E-state index contributed by atoms with van der Waals surface area (Å²) in [5.74, 6) is 0.705. The lowest BCUT2D eigenvalue weighted by atomic mass is 10.1. The molecule has 0 bridgehead atoms. The van der Waals surface area contributed by atoms with Crippen LogP contribution in [0.1, 0.15) is 48.7 Å². The number of pyridine rings is 1. The van der Waals surface area contributed by atoms with Gasteiger partial charge in [0.2, 0.25) is 0 Å². The Morgan fingerprint density at radius 2 is 1.86 bits per heavy atom. The van der Waals surface area contributed by atoms with Crippen molar-refractivity contribution in [2.45, 2.75) is 32.7 Å². The van der Waals surface area contributed by atoms with Crippen molar-refractivity contribution in [1.29, 1.82) is 0 Å². The van der Waals surface area contributed by atoms with Gasteiger partial charge in [-0.3, -0.25) is 9.78 Å². The van der Waals surface area contributed by atoms with Gasteiger partial charge >= 0.3 is 0 Å². The number of ether oxygens (including phenoxy) is 1. The van der Waals surface area contributed by atoms with Crippen molar-refractivity contribution in [1.82, 2.24) is 10.3 Å². The molecule has 0 saturated heterocycles. The van der Waals surface area contributed by atoms with Crippen LogP contribution in [0.3, 0.4) is 0 Å². The number of amides is 1. The van der Waals surface area contributed by atoms with Gasteiger partial charge in [-0.1, -0.05) is 13.3 Å². The van der Waals surface area contributed by atoms with Gasteiger partial charge in [-0.05, 0) is 55.3 Å². The topological polar surface area (TPSA) is 51.2 Å². The highest BCUT2D eigenvalue weighted by molar-refractivity contribution is 5.94. The zero-order valence-electron chi connectivity index (χ0n) is 13.1. The monoisotopic (exact) mass is 298 g/mol. The number of nitrogens with one attached hydrogen (secondary N) is 1. The summed E-state index contributed by atoms with van der Waals surface area (Å²) in [5, 5.41) is 2.98. The predicted octanol–water partition coefficient (Wildman–Crippen LogP) is 3.75. The van der Waals surface area contributed by atoms with E-state index in [-0.39, 0.29) is 11.9 Å². The molecule has 1 heterocycles. The quantitative estimate of drug-likeness (QED) is 0.792. The van der Waals surface area contributed by atoms with Crippen molar-refractivity contribution >= 4 is 5.91 Å². The molecule has 1 N–H and O–H groups in total. The molecular formula is C18H22N2O2. The van der Waals surface area contributed by atoms with Crippen LogP contribution in [0.2, 0.25) is 0 Å². The van der Waals surface area contributed by atoms with Gasteiger partial charge < -0.3 is 10.1 Å².